The van der Waals surface area contributed by atoms with Crippen molar-refractivity contribution >= 4 is 5.78 Å². The predicted octanol–water partition coefficient (Wildman–Crippen LogP) is 1.93. The summed E-state index contributed by atoms with van der Waals surface area (Å²) in [6, 6.07) is 0. The van der Waals surface area contributed by atoms with Gasteiger partial charge < -0.3 is 0 Å². The molecule has 0 radical (unpaired) electrons. The van der Waals surface area contributed by atoms with Crippen LogP contribution in [0.15, 0.2) is 12.2 Å². The fourth-order valence-corrected chi connectivity index (χ4v) is 3.29. The van der Waals surface area contributed by atoms with Crippen LogP contribution in [-0.2, 0) is 4.79 Å². The Morgan fingerprint density at radius 3 is 3.18 bits per heavy atom. The average Bonchev–Trinajstić information content (AvgIpc) is 2.48. The zero-order chi connectivity index (χ0) is 7.47. The molecule has 3 atom stereocenters. The molecule has 1 nitrogen and oxygen atoms in total. The first-order chi connectivity index (χ1) is 5.28. The van der Waals surface area contributed by atoms with E-state index in [9.17, 15) is 4.79 Å². The molecule has 3 aliphatic carbocycles. The number of hydrogen-bond acceptors (Lipinski definition) is 1. The Balaban J connectivity index is 2.06. The van der Waals surface area contributed by atoms with Crippen molar-refractivity contribution in [3.8, 4) is 0 Å². The summed E-state index contributed by atoms with van der Waals surface area (Å²) in [6.45, 7) is 0. The molecule has 1 heteroatoms. The summed E-state index contributed by atoms with van der Waals surface area (Å²) >= 11 is 0. The van der Waals surface area contributed by atoms with E-state index >= 15 is 0 Å². The number of carbonyl (C=O) groups is 1. The molecule has 0 heterocycles. The highest BCUT2D eigenvalue weighted by molar-refractivity contribution is 5.83. The van der Waals surface area contributed by atoms with Crippen LogP contribution in [0.25, 0.3) is 0 Å². The smallest absolute Gasteiger partial charge is 0.134 e. The van der Waals surface area contributed by atoms with Crippen LogP contribution in [-0.4, -0.2) is 5.78 Å². The molecule has 0 aliphatic heterocycles. The molecule has 3 aliphatic rings. The quantitative estimate of drug-likeness (QED) is 0.480. The Labute approximate surface area is 66.5 Å². The van der Waals surface area contributed by atoms with Crippen LogP contribution in [0.4, 0.5) is 0 Å². The van der Waals surface area contributed by atoms with Gasteiger partial charge in [-0.25, -0.2) is 0 Å². The lowest BCUT2D eigenvalue weighted by Gasteiger charge is -2.22. The Morgan fingerprint density at radius 2 is 2.45 bits per heavy atom. The van der Waals surface area contributed by atoms with Crippen molar-refractivity contribution in [2.45, 2.75) is 25.7 Å². The molecule has 3 rings (SSSR count). The molecule has 2 bridgehead atoms. The van der Waals surface area contributed by atoms with E-state index in [1.54, 1.807) is 0 Å². The fraction of sp³-hybridized carbons (Fsp3) is 0.700. The molecule has 0 N–H and O–H groups in total. The third-order valence-electron chi connectivity index (χ3n) is 3.74. The Kier molecular flexibility index (Phi) is 0.869. The third-order valence-corrected chi connectivity index (χ3v) is 3.74. The van der Waals surface area contributed by atoms with Crippen molar-refractivity contribution < 1.29 is 4.79 Å². The molecule has 0 aromatic heterocycles. The Morgan fingerprint density at radius 1 is 1.55 bits per heavy atom. The molecule has 11 heavy (non-hydrogen) atoms. The Bertz CT molecular complexity index is 254. The summed E-state index contributed by atoms with van der Waals surface area (Å²) in [5.41, 5.74) is 0.363. The Hall–Kier alpha value is -0.590. The van der Waals surface area contributed by atoms with Crippen molar-refractivity contribution in [1.29, 1.82) is 0 Å². The lowest BCUT2D eigenvalue weighted by molar-refractivity contribution is -0.118. The van der Waals surface area contributed by atoms with Crippen LogP contribution in [0.3, 0.4) is 0 Å². The molecule has 0 unspecified atom stereocenters. The van der Waals surface area contributed by atoms with Crippen molar-refractivity contribution in [2.75, 3.05) is 0 Å². The summed E-state index contributed by atoms with van der Waals surface area (Å²) in [6.07, 6.45) is 8.96. The summed E-state index contributed by atoms with van der Waals surface area (Å²) in [7, 11) is 0. The van der Waals surface area contributed by atoms with E-state index in [0.29, 0.717) is 11.2 Å². The second kappa shape index (κ2) is 1.60. The highest BCUT2D eigenvalue weighted by Crippen LogP contribution is 2.60. The zero-order valence-corrected chi connectivity index (χ0v) is 6.55. The first-order valence-corrected chi connectivity index (χ1v) is 4.50. The minimum atomic E-state index is 0.363. The van der Waals surface area contributed by atoms with Crippen LogP contribution in [0.1, 0.15) is 25.7 Å². The van der Waals surface area contributed by atoms with E-state index in [1.165, 1.54) is 12.8 Å². The molecule has 58 valence electrons. The lowest BCUT2D eigenvalue weighted by Crippen LogP contribution is -2.15. The second-order valence-corrected chi connectivity index (χ2v) is 4.41. The van der Waals surface area contributed by atoms with E-state index in [2.05, 4.69) is 12.2 Å². The molecular formula is C10H12O. The highest BCUT2D eigenvalue weighted by atomic mass is 16.1. The number of rotatable bonds is 0. The van der Waals surface area contributed by atoms with Crippen LogP contribution in [0.5, 0.6) is 0 Å². The van der Waals surface area contributed by atoms with Crippen LogP contribution < -0.4 is 0 Å². The molecule has 0 aromatic carbocycles. The van der Waals surface area contributed by atoms with Gasteiger partial charge in [-0.2, -0.15) is 0 Å². The van der Waals surface area contributed by atoms with E-state index < -0.39 is 0 Å². The summed E-state index contributed by atoms with van der Waals surface area (Å²) in [5.74, 6) is 2.05. The van der Waals surface area contributed by atoms with Crippen molar-refractivity contribution in [3.05, 3.63) is 12.2 Å². The van der Waals surface area contributed by atoms with E-state index in [0.717, 1.165) is 24.7 Å². The lowest BCUT2D eigenvalue weighted by atomic mass is 9.81. The maximum absolute atomic E-state index is 11.2. The first-order valence-electron chi connectivity index (χ1n) is 4.50. The maximum atomic E-state index is 11.2. The molecule has 0 amide bonds. The second-order valence-electron chi connectivity index (χ2n) is 4.41. The van der Waals surface area contributed by atoms with Gasteiger partial charge in [0.1, 0.15) is 5.78 Å². The normalized spacial score (nSPS) is 52.2. The van der Waals surface area contributed by atoms with Crippen LogP contribution in [0, 0.1) is 17.3 Å². The predicted molar refractivity (Wildman–Crippen MR) is 42.0 cm³/mol. The van der Waals surface area contributed by atoms with E-state index in [1.807, 2.05) is 0 Å². The van der Waals surface area contributed by atoms with Gasteiger partial charge in [0, 0.05) is 12.8 Å². The summed E-state index contributed by atoms with van der Waals surface area (Å²) < 4.78 is 0. The topological polar surface area (TPSA) is 17.1 Å². The van der Waals surface area contributed by atoms with E-state index in [4.69, 9.17) is 0 Å². The maximum Gasteiger partial charge on any atom is 0.134 e. The fourth-order valence-electron chi connectivity index (χ4n) is 3.29. The molecule has 1 spiro atoms. The molecule has 2 saturated carbocycles. The van der Waals surface area contributed by atoms with Crippen molar-refractivity contribution in [1.82, 2.24) is 0 Å². The molecule has 0 saturated heterocycles. The number of Topliss-reactive ketones (excluding diaryl/α,β-unsaturated/α-hetero) is 1. The number of allylic oxidation sites excluding steroid dienone is 2. The largest absolute Gasteiger partial charge is 0.300 e. The van der Waals surface area contributed by atoms with Gasteiger partial charge in [0.2, 0.25) is 0 Å². The first kappa shape index (κ1) is 5.99. The van der Waals surface area contributed by atoms with Gasteiger partial charge in [-0.1, -0.05) is 12.2 Å². The van der Waals surface area contributed by atoms with Gasteiger partial charge in [-0.05, 0) is 30.1 Å². The average molecular weight is 148 g/mol. The van der Waals surface area contributed by atoms with Gasteiger partial charge in [-0.3, -0.25) is 4.79 Å². The minimum absolute atomic E-state index is 0.363. The molecular weight excluding hydrogens is 136 g/mol. The van der Waals surface area contributed by atoms with Crippen LogP contribution in [0.2, 0.25) is 0 Å². The van der Waals surface area contributed by atoms with Crippen LogP contribution >= 0.6 is 0 Å². The highest BCUT2D eigenvalue weighted by Gasteiger charge is 2.53. The zero-order valence-electron chi connectivity index (χ0n) is 6.55. The standard InChI is InChI=1S/C10H12O/c11-9-4-8-3-7-1-2-10(8,5-7)6-9/h1-2,7-8H,3-6H2/t7-,8+,10-/m1/s1. The number of hydrogen-bond donors (Lipinski definition) is 0. The molecule has 2 fully saturated rings. The number of fused-ring (bicyclic) bond motifs is 1. The minimum Gasteiger partial charge on any atom is -0.300 e. The van der Waals surface area contributed by atoms with E-state index in [-0.39, 0.29) is 0 Å². The summed E-state index contributed by atoms with van der Waals surface area (Å²) in [5, 5.41) is 0. The van der Waals surface area contributed by atoms with Crippen molar-refractivity contribution in [2.24, 2.45) is 17.3 Å². The summed E-state index contributed by atoms with van der Waals surface area (Å²) in [4.78, 5) is 11.2. The van der Waals surface area contributed by atoms with Gasteiger partial charge in [0.25, 0.3) is 0 Å². The SMILES string of the molecule is O=C1C[C@@H]2C[C@H]3C=C[C@]2(C1)C3. The van der Waals surface area contributed by atoms with Gasteiger partial charge in [-0.15, -0.1) is 0 Å². The van der Waals surface area contributed by atoms with Gasteiger partial charge in [0.05, 0.1) is 0 Å². The number of carbonyl (C=O) groups excluding carboxylic acids is 1. The van der Waals surface area contributed by atoms with Crippen molar-refractivity contribution in [3.63, 3.8) is 0 Å². The monoisotopic (exact) mass is 148 g/mol. The van der Waals surface area contributed by atoms with Gasteiger partial charge in [0.15, 0.2) is 0 Å². The van der Waals surface area contributed by atoms with Gasteiger partial charge >= 0.3 is 0 Å². The number of ketones is 1. The molecule has 0 aromatic rings. The third kappa shape index (κ3) is 0.597.